The number of rotatable bonds is 8. The molecular formula is C12H22O. The maximum absolute atomic E-state index is 9.93. The Kier molecular flexibility index (Phi) is 9.07. The molecule has 0 N–H and O–H groups in total. The maximum atomic E-state index is 9.93. The van der Waals surface area contributed by atoms with Gasteiger partial charge in [0, 0.05) is 0 Å². The van der Waals surface area contributed by atoms with Crippen LogP contribution in [-0.2, 0) is 4.79 Å². The molecule has 0 radical (unpaired) electrons. The fourth-order valence-electron chi connectivity index (χ4n) is 1.32. The van der Waals surface area contributed by atoms with Crippen LogP contribution < -0.4 is 0 Å². The third kappa shape index (κ3) is 11.4. The van der Waals surface area contributed by atoms with Gasteiger partial charge in [0.15, 0.2) is 0 Å². The van der Waals surface area contributed by atoms with Gasteiger partial charge in [-0.3, -0.25) is 4.79 Å². The first-order chi connectivity index (χ1) is 6.27. The molecule has 0 saturated carbocycles. The Hall–Kier alpha value is -0.590. The Morgan fingerprint density at radius 3 is 2.38 bits per heavy atom. The highest BCUT2D eigenvalue weighted by Crippen LogP contribution is 2.10. The fraction of sp³-hybridized carbons (Fsp3) is 0.750. The zero-order valence-corrected chi connectivity index (χ0v) is 8.96. The van der Waals surface area contributed by atoms with Crippen LogP contribution in [0.5, 0.6) is 0 Å². The van der Waals surface area contributed by atoms with Crippen molar-refractivity contribution in [1.29, 1.82) is 0 Å². The van der Waals surface area contributed by atoms with E-state index >= 15 is 0 Å². The number of allylic oxidation sites excluding steroid dienone is 2. The summed E-state index contributed by atoms with van der Waals surface area (Å²) in [6.45, 7) is 4.54. The molecule has 0 heterocycles. The summed E-state index contributed by atoms with van der Waals surface area (Å²) >= 11 is 0. The molecule has 0 aliphatic heterocycles. The van der Waals surface area contributed by atoms with E-state index < -0.39 is 0 Å². The maximum Gasteiger partial charge on any atom is 0.142 e. The summed E-state index contributed by atoms with van der Waals surface area (Å²) < 4.78 is 0. The molecule has 0 fully saturated rings. The lowest BCUT2D eigenvalue weighted by Gasteiger charge is -2.02. The molecule has 0 rings (SSSR count). The molecule has 13 heavy (non-hydrogen) atoms. The van der Waals surface area contributed by atoms with Gasteiger partial charge in [0.25, 0.3) is 0 Å². The average molecular weight is 182 g/mol. The van der Waals surface area contributed by atoms with Crippen molar-refractivity contribution >= 4 is 6.29 Å². The van der Waals surface area contributed by atoms with E-state index in [-0.39, 0.29) is 0 Å². The van der Waals surface area contributed by atoms with Gasteiger partial charge in [-0.1, -0.05) is 45.6 Å². The van der Waals surface area contributed by atoms with Crippen LogP contribution in [0.25, 0.3) is 0 Å². The van der Waals surface area contributed by atoms with Crippen LogP contribution in [0.1, 0.15) is 52.4 Å². The first kappa shape index (κ1) is 12.4. The van der Waals surface area contributed by atoms with Crippen molar-refractivity contribution in [2.24, 2.45) is 5.92 Å². The Morgan fingerprint density at radius 1 is 1.08 bits per heavy atom. The van der Waals surface area contributed by atoms with Gasteiger partial charge in [-0.15, -0.1) is 0 Å². The van der Waals surface area contributed by atoms with E-state index in [4.69, 9.17) is 0 Å². The van der Waals surface area contributed by atoms with Crippen molar-refractivity contribution < 1.29 is 4.79 Å². The number of unbranched alkanes of at least 4 members (excludes halogenated alkanes) is 4. The van der Waals surface area contributed by atoms with Crippen LogP contribution in [-0.4, -0.2) is 6.29 Å². The average Bonchev–Trinajstić information content (AvgIpc) is 2.09. The first-order valence-electron chi connectivity index (χ1n) is 5.37. The predicted octanol–water partition coefficient (Wildman–Crippen LogP) is 3.74. The standard InChI is InChI=1S/C12H22O/c1-12(2)10-8-6-4-3-5-7-9-11-13/h7,9,11-12H,3-6,8,10H2,1-2H3/b9-7+. The minimum Gasteiger partial charge on any atom is -0.299 e. The predicted molar refractivity (Wildman–Crippen MR) is 57.7 cm³/mol. The number of hydrogen-bond acceptors (Lipinski definition) is 1. The van der Waals surface area contributed by atoms with E-state index in [1.807, 2.05) is 6.08 Å². The van der Waals surface area contributed by atoms with Crippen LogP contribution in [0.3, 0.4) is 0 Å². The van der Waals surface area contributed by atoms with E-state index in [1.54, 1.807) is 6.08 Å². The third-order valence-corrected chi connectivity index (χ3v) is 2.12. The fourth-order valence-corrected chi connectivity index (χ4v) is 1.32. The lowest BCUT2D eigenvalue weighted by atomic mass is 10.0. The summed E-state index contributed by atoms with van der Waals surface area (Å²) in [5, 5.41) is 0. The Morgan fingerprint density at radius 2 is 1.77 bits per heavy atom. The molecular weight excluding hydrogens is 160 g/mol. The summed E-state index contributed by atoms with van der Waals surface area (Å²) in [5.74, 6) is 0.843. The molecule has 0 aromatic carbocycles. The molecule has 0 aromatic rings. The lowest BCUT2D eigenvalue weighted by Crippen LogP contribution is -1.86. The van der Waals surface area contributed by atoms with E-state index in [0.29, 0.717) is 0 Å². The summed E-state index contributed by atoms with van der Waals surface area (Å²) in [6.07, 6.45) is 12.0. The third-order valence-electron chi connectivity index (χ3n) is 2.12. The molecule has 76 valence electrons. The van der Waals surface area contributed by atoms with Crippen LogP contribution in [0.2, 0.25) is 0 Å². The Balaban J connectivity index is 2.99. The molecule has 1 nitrogen and oxygen atoms in total. The van der Waals surface area contributed by atoms with Crippen LogP contribution in [0.4, 0.5) is 0 Å². The molecule has 0 atom stereocenters. The second kappa shape index (κ2) is 9.50. The van der Waals surface area contributed by atoms with E-state index in [0.717, 1.165) is 18.6 Å². The number of aldehydes is 1. The van der Waals surface area contributed by atoms with Crippen molar-refractivity contribution in [3.8, 4) is 0 Å². The molecule has 0 aliphatic rings. The molecule has 0 spiro atoms. The van der Waals surface area contributed by atoms with Crippen molar-refractivity contribution in [3.05, 3.63) is 12.2 Å². The van der Waals surface area contributed by atoms with E-state index in [2.05, 4.69) is 13.8 Å². The van der Waals surface area contributed by atoms with Gasteiger partial charge in [-0.2, -0.15) is 0 Å². The highest BCUT2D eigenvalue weighted by Gasteiger charge is 1.93. The van der Waals surface area contributed by atoms with Crippen LogP contribution >= 0.6 is 0 Å². The minimum absolute atomic E-state index is 0.843. The van der Waals surface area contributed by atoms with Gasteiger partial charge < -0.3 is 0 Å². The highest BCUT2D eigenvalue weighted by atomic mass is 16.1. The van der Waals surface area contributed by atoms with Crippen LogP contribution in [0, 0.1) is 5.92 Å². The normalized spacial score (nSPS) is 11.3. The summed E-state index contributed by atoms with van der Waals surface area (Å²) in [5.41, 5.74) is 0. The summed E-state index contributed by atoms with van der Waals surface area (Å²) in [7, 11) is 0. The van der Waals surface area contributed by atoms with Crippen LogP contribution in [0.15, 0.2) is 12.2 Å². The topological polar surface area (TPSA) is 17.1 Å². The smallest absolute Gasteiger partial charge is 0.142 e. The summed E-state index contributed by atoms with van der Waals surface area (Å²) in [4.78, 5) is 9.93. The van der Waals surface area contributed by atoms with Gasteiger partial charge in [-0.25, -0.2) is 0 Å². The van der Waals surface area contributed by atoms with Gasteiger partial charge >= 0.3 is 0 Å². The molecule has 0 aliphatic carbocycles. The monoisotopic (exact) mass is 182 g/mol. The van der Waals surface area contributed by atoms with E-state index in [9.17, 15) is 4.79 Å². The second-order valence-corrected chi connectivity index (χ2v) is 3.95. The molecule has 0 amide bonds. The molecule has 1 heteroatoms. The lowest BCUT2D eigenvalue weighted by molar-refractivity contribution is -0.104. The zero-order valence-electron chi connectivity index (χ0n) is 8.96. The minimum atomic E-state index is 0.843. The van der Waals surface area contributed by atoms with Gasteiger partial charge in [0.2, 0.25) is 0 Å². The van der Waals surface area contributed by atoms with Crippen molar-refractivity contribution in [3.63, 3.8) is 0 Å². The van der Waals surface area contributed by atoms with Gasteiger partial charge in [0.1, 0.15) is 6.29 Å². The van der Waals surface area contributed by atoms with Crippen molar-refractivity contribution in [1.82, 2.24) is 0 Å². The quantitative estimate of drug-likeness (QED) is 0.317. The number of hydrogen-bond donors (Lipinski definition) is 0. The van der Waals surface area contributed by atoms with Crippen molar-refractivity contribution in [2.45, 2.75) is 52.4 Å². The highest BCUT2D eigenvalue weighted by molar-refractivity contribution is 5.64. The number of carbonyl (C=O) groups excluding carboxylic acids is 1. The zero-order chi connectivity index (χ0) is 9.94. The molecule has 0 bridgehead atoms. The first-order valence-corrected chi connectivity index (χ1v) is 5.37. The summed E-state index contributed by atoms with van der Waals surface area (Å²) in [6, 6.07) is 0. The second-order valence-electron chi connectivity index (χ2n) is 3.95. The van der Waals surface area contributed by atoms with E-state index in [1.165, 1.54) is 32.1 Å². The Bertz CT molecular complexity index is 136. The molecule has 0 saturated heterocycles. The van der Waals surface area contributed by atoms with Gasteiger partial charge in [-0.05, 0) is 24.8 Å². The Labute approximate surface area is 82.2 Å². The molecule has 0 aromatic heterocycles. The SMILES string of the molecule is CC(C)CCCCCC/C=C/C=O. The molecule has 0 unspecified atom stereocenters. The van der Waals surface area contributed by atoms with Gasteiger partial charge in [0.05, 0.1) is 0 Å². The number of carbonyl (C=O) groups is 1. The van der Waals surface area contributed by atoms with Crippen molar-refractivity contribution in [2.75, 3.05) is 0 Å². The largest absolute Gasteiger partial charge is 0.299 e.